The van der Waals surface area contributed by atoms with Crippen molar-refractivity contribution in [3.05, 3.63) is 36.0 Å². The van der Waals surface area contributed by atoms with Crippen LogP contribution in [0.3, 0.4) is 0 Å². The number of nitrogens with zero attached hydrogens (tertiary/aromatic N) is 1. The molecule has 0 saturated carbocycles. The molecule has 1 N–H and O–H groups in total. The average Bonchev–Trinajstić information content (AvgIpc) is 2.56. The highest BCUT2D eigenvalue weighted by Crippen LogP contribution is 2.26. The van der Waals surface area contributed by atoms with Crippen molar-refractivity contribution in [3.8, 4) is 0 Å². The number of hydrogen-bond acceptors (Lipinski definition) is 1. The van der Waals surface area contributed by atoms with Gasteiger partial charge in [0, 0.05) is 24.1 Å². The van der Waals surface area contributed by atoms with Crippen LogP contribution in [-0.2, 0) is 11.8 Å². The molecule has 3 nitrogen and oxygen atoms in total. The fourth-order valence-corrected chi connectivity index (χ4v) is 1.85. The van der Waals surface area contributed by atoms with E-state index in [0.717, 1.165) is 16.5 Å². The quantitative estimate of drug-likeness (QED) is 0.814. The van der Waals surface area contributed by atoms with E-state index in [2.05, 4.69) is 0 Å². The number of rotatable bonds is 2. The number of carboxylic acid groups (broad SMARTS) is 1. The lowest BCUT2D eigenvalue weighted by molar-refractivity contribution is -0.138. The Morgan fingerprint density at radius 3 is 2.73 bits per heavy atom. The van der Waals surface area contributed by atoms with Gasteiger partial charge in [-0.1, -0.05) is 18.2 Å². The van der Waals surface area contributed by atoms with E-state index in [9.17, 15) is 4.79 Å². The smallest absolute Gasteiger partial charge is 0.310 e. The van der Waals surface area contributed by atoms with Crippen molar-refractivity contribution in [2.45, 2.75) is 12.8 Å². The number of carboxylic acids is 1. The molecule has 0 aliphatic rings. The van der Waals surface area contributed by atoms with Crippen LogP contribution < -0.4 is 0 Å². The van der Waals surface area contributed by atoms with Crippen LogP contribution in [0.1, 0.15) is 18.4 Å². The summed E-state index contributed by atoms with van der Waals surface area (Å²) in [6, 6.07) is 7.84. The standard InChI is InChI=1S/C12H13NO2/c1-8(12(14)15)10-7-13(2)11-6-4-3-5-9(10)11/h3-8H,1-2H3,(H,14,15)/t8-/m0/s1. The van der Waals surface area contributed by atoms with Gasteiger partial charge >= 0.3 is 5.97 Å². The Morgan fingerprint density at radius 1 is 1.40 bits per heavy atom. The summed E-state index contributed by atoms with van der Waals surface area (Å²) in [6.45, 7) is 1.71. The number of aryl methyl sites for hydroxylation is 1. The van der Waals surface area contributed by atoms with Gasteiger partial charge in [0.2, 0.25) is 0 Å². The van der Waals surface area contributed by atoms with Crippen LogP contribution in [0.25, 0.3) is 10.9 Å². The van der Waals surface area contributed by atoms with E-state index in [-0.39, 0.29) is 0 Å². The SMILES string of the molecule is C[C@H](C(=O)O)c1cn(C)c2ccccc12. The third-order valence-corrected chi connectivity index (χ3v) is 2.76. The van der Waals surface area contributed by atoms with Gasteiger partial charge in [0.15, 0.2) is 0 Å². The Kier molecular flexibility index (Phi) is 2.23. The van der Waals surface area contributed by atoms with Crippen molar-refractivity contribution >= 4 is 16.9 Å². The maximum Gasteiger partial charge on any atom is 0.310 e. The molecule has 2 aromatic rings. The third-order valence-electron chi connectivity index (χ3n) is 2.76. The van der Waals surface area contributed by atoms with Gasteiger partial charge in [0.1, 0.15) is 0 Å². The lowest BCUT2D eigenvalue weighted by Gasteiger charge is -2.03. The van der Waals surface area contributed by atoms with Crippen LogP contribution in [-0.4, -0.2) is 15.6 Å². The largest absolute Gasteiger partial charge is 0.481 e. The molecule has 2 rings (SSSR count). The van der Waals surface area contributed by atoms with Gasteiger partial charge in [-0.3, -0.25) is 4.79 Å². The summed E-state index contributed by atoms with van der Waals surface area (Å²) < 4.78 is 1.96. The van der Waals surface area contributed by atoms with Gasteiger partial charge in [-0.05, 0) is 18.6 Å². The van der Waals surface area contributed by atoms with E-state index in [1.54, 1.807) is 6.92 Å². The van der Waals surface area contributed by atoms with E-state index in [1.807, 2.05) is 42.1 Å². The first-order valence-corrected chi connectivity index (χ1v) is 4.88. The van der Waals surface area contributed by atoms with E-state index >= 15 is 0 Å². The molecular weight excluding hydrogens is 190 g/mol. The second kappa shape index (κ2) is 3.42. The summed E-state index contributed by atoms with van der Waals surface area (Å²) in [7, 11) is 1.93. The van der Waals surface area contributed by atoms with Crippen molar-refractivity contribution in [1.29, 1.82) is 0 Å². The summed E-state index contributed by atoms with van der Waals surface area (Å²) >= 11 is 0. The summed E-state index contributed by atoms with van der Waals surface area (Å²) in [6.07, 6.45) is 1.89. The molecule has 0 spiro atoms. The van der Waals surface area contributed by atoms with Gasteiger partial charge in [0.25, 0.3) is 0 Å². The maximum absolute atomic E-state index is 10.9. The highest BCUT2D eigenvalue weighted by molar-refractivity contribution is 5.89. The van der Waals surface area contributed by atoms with Gasteiger partial charge in [0.05, 0.1) is 5.92 Å². The number of benzene rings is 1. The minimum atomic E-state index is -0.786. The molecule has 0 aliphatic carbocycles. The molecule has 0 unspecified atom stereocenters. The first-order chi connectivity index (χ1) is 7.11. The molecule has 1 atom stereocenters. The molecule has 1 aromatic heterocycles. The lowest BCUT2D eigenvalue weighted by Crippen LogP contribution is -2.06. The van der Waals surface area contributed by atoms with E-state index < -0.39 is 11.9 Å². The van der Waals surface area contributed by atoms with Crippen LogP contribution in [0.15, 0.2) is 30.5 Å². The van der Waals surface area contributed by atoms with Crippen molar-refractivity contribution in [1.82, 2.24) is 4.57 Å². The molecule has 3 heteroatoms. The summed E-state index contributed by atoms with van der Waals surface area (Å²) in [5, 5.41) is 10.0. The topological polar surface area (TPSA) is 42.2 Å². The van der Waals surface area contributed by atoms with Crippen LogP contribution >= 0.6 is 0 Å². The zero-order valence-corrected chi connectivity index (χ0v) is 8.77. The van der Waals surface area contributed by atoms with Crippen molar-refractivity contribution < 1.29 is 9.90 Å². The van der Waals surface area contributed by atoms with Crippen LogP contribution in [0, 0.1) is 0 Å². The minimum absolute atomic E-state index is 0.462. The summed E-state index contributed by atoms with van der Waals surface area (Å²) in [5.74, 6) is -1.25. The molecule has 15 heavy (non-hydrogen) atoms. The summed E-state index contributed by atoms with van der Waals surface area (Å²) in [4.78, 5) is 10.9. The molecule has 78 valence electrons. The number of fused-ring (bicyclic) bond motifs is 1. The van der Waals surface area contributed by atoms with Gasteiger partial charge in [-0.25, -0.2) is 0 Å². The fourth-order valence-electron chi connectivity index (χ4n) is 1.85. The van der Waals surface area contributed by atoms with Crippen molar-refractivity contribution in [2.75, 3.05) is 0 Å². The zero-order chi connectivity index (χ0) is 11.0. The normalized spacial score (nSPS) is 12.9. The number of hydrogen-bond donors (Lipinski definition) is 1. The highest BCUT2D eigenvalue weighted by atomic mass is 16.4. The summed E-state index contributed by atoms with van der Waals surface area (Å²) in [5.41, 5.74) is 1.95. The molecule has 0 amide bonds. The number of aromatic nitrogens is 1. The molecule has 0 bridgehead atoms. The van der Waals surface area contributed by atoms with Gasteiger partial charge < -0.3 is 9.67 Å². The van der Waals surface area contributed by atoms with Crippen LogP contribution in [0.5, 0.6) is 0 Å². The Hall–Kier alpha value is -1.77. The average molecular weight is 203 g/mol. The number of carbonyl (C=O) groups is 1. The first-order valence-electron chi connectivity index (χ1n) is 4.88. The van der Waals surface area contributed by atoms with E-state index in [1.165, 1.54) is 0 Å². The minimum Gasteiger partial charge on any atom is -0.481 e. The Labute approximate surface area is 87.9 Å². The fraction of sp³-hybridized carbons (Fsp3) is 0.250. The lowest BCUT2D eigenvalue weighted by atomic mass is 10.0. The monoisotopic (exact) mass is 203 g/mol. The van der Waals surface area contributed by atoms with Gasteiger partial charge in [-0.2, -0.15) is 0 Å². The molecule has 0 radical (unpaired) electrons. The number of aliphatic carboxylic acids is 1. The van der Waals surface area contributed by atoms with Crippen LogP contribution in [0.2, 0.25) is 0 Å². The first kappa shape index (κ1) is 9.77. The third kappa shape index (κ3) is 1.50. The van der Waals surface area contributed by atoms with Crippen LogP contribution in [0.4, 0.5) is 0 Å². The second-order valence-corrected chi connectivity index (χ2v) is 3.77. The second-order valence-electron chi connectivity index (χ2n) is 3.77. The van der Waals surface area contributed by atoms with Crippen molar-refractivity contribution in [2.24, 2.45) is 7.05 Å². The van der Waals surface area contributed by atoms with E-state index in [0.29, 0.717) is 0 Å². The van der Waals surface area contributed by atoms with Crippen molar-refractivity contribution in [3.63, 3.8) is 0 Å². The van der Waals surface area contributed by atoms with E-state index in [4.69, 9.17) is 5.11 Å². The highest BCUT2D eigenvalue weighted by Gasteiger charge is 2.18. The van der Waals surface area contributed by atoms with Gasteiger partial charge in [-0.15, -0.1) is 0 Å². The predicted octanol–water partition coefficient (Wildman–Crippen LogP) is 2.37. The molecule has 0 saturated heterocycles. The Morgan fingerprint density at radius 2 is 2.07 bits per heavy atom. The zero-order valence-electron chi connectivity index (χ0n) is 8.77. The molecule has 0 aliphatic heterocycles. The molecular formula is C12H13NO2. The molecule has 1 aromatic carbocycles. The Bertz CT molecular complexity index is 513. The predicted molar refractivity (Wildman–Crippen MR) is 59.0 cm³/mol. The molecule has 1 heterocycles. The number of para-hydroxylation sites is 1. The molecule has 0 fully saturated rings. The maximum atomic E-state index is 10.9. The Balaban J connectivity index is 2.67.